The van der Waals surface area contributed by atoms with Gasteiger partial charge in [-0.15, -0.1) is 0 Å². The van der Waals surface area contributed by atoms with E-state index in [9.17, 15) is 22.4 Å². The zero-order valence-corrected chi connectivity index (χ0v) is 13.6. The van der Waals surface area contributed by atoms with Gasteiger partial charge in [-0.1, -0.05) is 18.2 Å². The quantitative estimate of drug-likeness (QED) is 0.524. The first-order valence-corrected chi connectivity index (χ1v) is 7.70. The lowest BCUT2D eigenvalue weighted by Gasteiger charge is -2.08. The number of rotatable bonds is 5. The maximum Gasteiger partial charge on any atom is 0.258 e. The Hall–Kier alpha value is -3.49. The molecule has 1 amide bonds. The van der Waals surface area contributed by atoms with Crippen LogP contribution in [0.25, 0.3) is 0 Å². The summed E-state index contributed by atoms with van der Waals surface area (Å²) < 4.78 is 53.2. The summed E-state index contributed by atoms with van der Waals surface area (Å²) >= 11 is 0. The van der Waals surface area contributed by atoms with Gasteiger partial charge in [-0.05, 0) is 18.2 Å². The normalized spacial score (nSPS) is 10.5. The largest absolute Gasteiger partial charge is 0.350 e. The molecule has 3 aromatic rings. The molecular formula is C18H12F4N4O. The molecule has 2 aromatic carbocycles. The van der Waals surface area contributed by atoms with Crippen LogP contribution in [0.15, 0.2) is 48.8 Å². The Morgan fingerprint density at radius 1 is 0.889 bits per heavy atom. The first-order chi connectivity index (χ1) is 13.0. The molecule has 2 N–H and O–H groups in total. The van der Waals surface area contributed by atoms with Crippen molar-refractivity contribution in [1.29, 1.82) is 0 Å². The Kier molecular flexibility index (Phi) is 5.30. The molecule has 1 aromatic heterocycles. The molecule has 0 fully saturated rings. The van der Waals surface area contributed by atoms with Crippen LogP contribution in [0.1, 0.15) is 15.9 Å². The Bertz CT molecular complexity index is 980. The maximum absolute atomic E-state index is 13.6. The first-order valence-electron chi connectivity index (χ1n) is 7.70. The Balaban J connectivity index is 1.65. The Morgan fingerprint density at radius 2 is 1.59 bits per heavy atom. The molecule has 9 heteroatoms. The lowest BCUT2D eigenvalue weighted by atomic mass is 10.2. The van der Waals surface area contributed by atoms with Crippen molar-refractivity contribution in [2.45, 2.75) is 6.54 Å². The lowest BCUT2D eigenvalue weighted by molar-refractivity contribution is 0.102. The molecule has 0 unspecified atom stereocenters. The highest BCUT2D eigenvalue weighted by Gasteiger charge is 2.16. The molecule has 0 aliphatic heterocycles. The van der Waals surface area contributed by atoms with Crippen LogP contribution in [0.4, 0.5) is 29.2 Å². The average molecular weight is 376 g/mol. The third-order valence-corrected chi connectivity index (χ3v) is 3.59. The number of carbonyl (C=O) groups is 1. The van der Waals surface area contributed by atoms with Crippen LogP contribution in [0.5, 0.6) is 0 Å². The van der Waals surface area contributed by atoms with Gasteiger partial charge in [-0.2, -0.15) is 0 Å². The van der Waals surface area contributed by atoms with E-state index in [2.05, 4.69) is 20.6 Å². The molecule has 5 nitrogen and oxygen atoms in total. The number of aromatic nitrogens is 2. The van der Waals surface area contributed by atoms with Gasteiger partial charge in [-0.3, -0.25) is 4.79 Å². The average Bonchev–Trinajstić information content (AvgIpc) is 2.68. The van der Waals surface area contributed by atoms with E-state index >= 15 is 0 Å². The molecule has 0 aliphatic carbocycles. The molecular weight excluding hydrogens is 364 g/mol. The number of halogens is 4. The second kappa shape index (κ2) is 7.81. The maximum atomic E-state index is 13.6. The summed E-state index contributed by atoms with van der Waals surface area (Å²) in [7, 11) is 0. The van der Waals surface area contributed by atoms with Crippen molar-refractivity contribution in [3.8, 4) is 0 Å². The molecule has 27 heavy (non-hydrogen) atoms. The fourth-order valence-electron chi connectivity index (χ4n) is 2.17. The summed E-state index contributed by atoms with van der Waals surface area (Å²) in [5.74, 6) is -5.59. The number of amides is 1. The third kappa shape index (κ3) is 4.20. The number of benzene rings is 2. The van der Waals surface area contributed by atoms with Gasteiger partial charge < -0.3 is 10.6 Å². The van der Waals surface area contributed by atoms with Crippen LogP contribution in [-0.4, -0.2) is 15.9 Å². The van der Waals surface area contributed by atoms with Gasteiger partial charge in [-0.25, -0.2) is 27.5 Å². The molecule has 0 aliphatic rings. The van der Waals surface area contributed by atoms with Gasteiger partial charge in [0, 0.05) is 24.5 Å². The summed E-state index contributed by atoms with van der Waals surface area (Å²) in [5, 5.41) is 4.90. The minimum atomic E-state index is -1.68. The second-order valence-corrected chi connectivity index (χ2v) is 5.42. The fourth-order valence-corrected chi connectivity index (χ4v) is 2.17. The number of hydrogen-bond donors (Lipinski definition) is 2. The van der Waals surface area contributed by atoms with Crippen molar-refractivity contribution in [3.63, 3.8) is 0 Å². The number of carbonyl (C=O) groups excluding carboxylic acids is 1. The van der Waals surface area contributed by atoms with E-state index in [1.165, 1.54) is 6.07 Å². The molecule has 0 atom stereocenters. The predicted molar refractivity (Wildman–Crippen MR) is 90.0 cm³/mol. The van der Waals surface area contributed by atoms with Crippen LogP contribution < -0.4 is 10.6 Å². The van der Waals surface area contributed by atoms with Crippen molar-refractivity contribution in [3.05, 3.63) is 83.2 Å². The van der Waals surface area contributed by atoms with E-state index in [0.717, 1.165) is 18.5 Å². The summed E-state index contributed by atoms with van der Waals surface area (Å²) in [4.78, 5) is 19.9. The van der Waals surface area contributed by atoms with Crippen LogP contribution >= 0.6 is 0 Å². The highest BCUT2D eigenvalue weighted by molar-refractivity contribution is 6.03. The Morgan fingerprint density at radius 3 is 2.30 bits per heavy atom. The second-order valence-electron chi connectivity index (χ2n) is 5.42. The van der Waals surface area contributed by atoms with Crippen molar-refractivity contribution >= 4 is 17.5 Å². The van der Waals surface area contributed by atoms with Crippen molar-refractivity contribution in [2.24, 2.45) is 0 Å². The molecule has 0 saturated heterocycles. The predicted octanol–water partition coefficient (Wildman–Crippen LogP) is 3.90. The third-order valence-electron chi connectivity index (χ3n) is 3.59. The van der Waals surface area contributed by atoms with Gasteiger partial charge in [0.1, 0.15) is 5.82 Å². The van der Waals surface area contributed by atoms with E-state index in [0.29, 0.717) is 11.6 Å². The van der Waals surface area contributed by atoms with E-state index < -0.39 is 29.0 Å². The highest BCUT2D eigenvalue weighted by Crippen LogP contribution is 2.20. The van der Waals surface area contributed by atoms with Crippen LogP contribution in [0.2, 0.25) is 0 Å². The molecule has 138 valence electrons. The van der Waals surface area contributed by atoms with E-state index in [-0.39, 0.29) is 23.9 Å². The summed E-state index contributed by atoms with van der Waals surface area (Å²) in [6, 6.07) is 7.77. The molecule has 3 rings (SSSR count). The van der Waals surface area contributed by atoms with Gasteiger partial charge in [0.15, 0.2) is 17.5 Å². The molecule has 1 heterocycles. The minimum Gasteiger partial charge on any atom is -0.350 e. The molecule has 0 radical (unpaired) electrons. The van der Waals surface area contributed by atoms with Crippen LogP contribution in [0.3, 0.4) is 0 Å². The minimum absolute atomic E-state index is 0.0319. The molecule has 0 saturated carbocycles. The van der Waals surface area contributed by atoms with Gasteiger partial charge in [0.2, 0.25) is 5.95 Å². The van der Waals surface area contributed by atoms with E-state index in [1.54, 1.807) is 18.2 Å². The Labute approximate surface area is 151 Å². The SMILES string of the molecule is O=C(Nc1ccc(F)c(F)c1F)c1cnc(NCc2ccccc2F)nc1. The van der Waals surface area contributed by atoms with Crippen LogP contribution in [0, 0.1) is 23.3 Å². The van der Waals surface area contributed by atoms with Gasteiger partial charge >= 0.3 is 0 Å². The van der Waals surface area contributed by atoms with Crippen molar-refractivity contribution < 1.29 is 22.4 Å². The van der Waals surface area contributed by atoms with Crippen molar-refractivity contribution in [2.75, 3.05) is 10.6 Å². The fraction of sp³-hybridized carbons (Fsp3) is 0.0556. The highest BCUT2D eigenvalue weighted by atomic mass is 19.2. The summed E-state index contributed by atoms with van der Waals surface area (Å²) in [5.41, 5.74) is -0.132. The first kappa shape index (κ1) is 18.3. The number of nitrogens with one attached hydrogen (secondary N) is 2. The molecule has 0 bridgehead atoms. The number of hydrogen-bond acceptors (Lipinski definition) is 4. The van der Waals surface area contributed by atoms with E-state index in [1.807, 2.05) is 0 Å². The zero-order valence-electron chi connectivity index (χ0n) is 13.6. The summed E-state index contributed by atoms with van der Waals surface area (Å²) in [6.45, 7) is 0.137. The smallest absolute Gasteiger partial charge is 0.258 e. The number of anilines is 2. The zero-order chi connectivity index (χ0) is 19.4. The topological polar surface area (TPSA) is 66.9 Å². The monoisotopic (exact) mass is 376 g/mol. The van der Waals surface area contributed by atoms with Gasteiger partial charge in [0.05, 0.1) is 11.3 Å². The lowest BCUT2D eigenvalue weighted by Crippen LogP contribution is -2.15. The number of nitrogens with zero attached hydrogens (tertiary/aromatic N) is 2. The molecule has 0 spiro atoms. The standard InChI is InChI=1S/C18H12F4N4O/c19-12-4-2-1-3-10(12)7-23-18-24-8-11(9-25-18)17(27)26-14-6-5-13(20)15(21)16(14)22/h1-6,8-9H,7H2,(H,26,27)(H,23,24,25). The van der Waals surface area contributed by atoms with Crippen molar-refractivity contribution in [1.82, 2.24) is 9.97 Å². The van der Waals surface area contributed by atoms with E-state index in [4.69, 9.17) is 0 Å². The van der Waals surface area contributed by atoms with Gasteiger partial charge in [0.25, 0.3) is 5.91 Å². The summed E-state index contributed by atoms with van der Waals surface area (Å²) in [6.07, 6.45) is 2.31. The van der Waals surface area contributed by atoms with Crippen LogP contribution in [-0.2, 0) is 6.54 Å².